The Hall–Kier alpha value is -2.12. The lowest BCUT2D eigenvalue weighted by Gasteiger charge is -2.18. The molecule has 0 bridgehead atoms. The zero-order valence-corrected chi connectivity index (χ0v) is 11.2. The van der Waals surface area contributed by atoms with Gasteiger partial charge >= 0.3 is 5.69 Å². The number of aromatic amines is 2. The lowest BCUT2D eigenvalue weighted by atomic mass is 10.0. The van der Waals surface area contributed by atoms with Crippen molar-refractivity contribution in [1.82, 2.24) is 25.8 Å². The van der Waals surface area contributed by atoms with Crippen LogP contribution in [0.2, 0.25) is 0 Å². The Bertz CT molecular complexity index is 491. The Kier molecular flexibility index (Phi) is 5.28. The van der Waals surface area contributed by atoms with E-state index in [2.05, 4.69) is 25.8 Å². The summed E-state index contributed by atoms with van der Waals surface area (Å²) in [7, 11) is 0. The van der Waals surface area contributed by atoms with Crippen LogP contribution >= 0.6 is 0 Å². The third-order valence-corrected chi connectivity index (χ3v) is 2.38. The lowest BCUT2D eigenvalue weighted by molar-refractivity contribution is -0.128. The minimum Gasteiger partial charge on any atom is -0.347 e. The number of carbonyl (C=O) groups excluding carboxylic acids is 2. The van der Waals surface area contributed by atoms with Crippen LogP contribution in [-0.4, -0.2) is 33.0 Å². The van der Waals surface area contributed by atoms with E-state index in [9.17, 15) is 14.4 Å². The molecule has 0 aliphatic rings. The predicted molar refractivity (Wildman–Crippen MR) is 68.1 cm³/mol. The molecular formula is C11H19N5O3. The molecule has 1 aromatic rings. The summed E-state index contributed by atoms with van der Waals surface area (Å²) in [6, 6.07) is -0.580. The average Bonchev–Trinajstić information content (AvgIpc) is 2.70. The maximum absolute atomic E-state index is 11.9. The van der Waals surface area contributed by atoms with E-state index in [1.54, 1.807) is 0 Å². The van der Waals surface area contributed by atoms with Crippen molar-refractivity contribution in [3.05, 3.63) is 16.3 Å². The zero-order valence-electron chi connectivity index (χ0n) is 11.2. The monoisotopic (exact) mass is 269 g/mol. The standard InChI is InChI=1S/C11H19N5O3/c1-6(2)4-8(13-7(3)17)10(18)12-5-9-14-11(19)16-15-9/h6,8H,4-5H2,1-3H3,(H,12,18)(H,13,17)(H2,14,15,16,19)/t8-/m0/s1. The molecular weight excluding hydrogens is 250 g/mol. The van der Waals surface area contributed by atoms with Crippen LogP contribution in [0.1, 0.15) is 33.0 Å². The Labute approximate surface area is 110 Å². The lowest BCUT2D eigenvalue weighted by Crippen LogP contribution is -2.46. The van der Waals surface area contributed by atoms with Gasteiger partial charge in [0.1, 0.15) is 11.9 Å². The molecule has 19 heavy (non-hydrogen) atoms. The molecule has 1 atom stereocenters. The van der Waals surface area contributed by atoms with Gasteiger partial charge in [0.25, 0.3) is 0 Å². The third kappa shape index (κ3) is 5.36. The minimum absolute atomic E-state index is 0.103. The molecule has 2 amide bonds. The fourth-order valence-electron chi connectivity index (χ4n) is 1.63. The number of H-pyrrole nitrogens is 2. The number of hydrogen-bond acceptors (Lipinski definition) is 4. The molecule has 106 valence electrons. The SMILES string of the molecule is CC(=O)N[C@@H](CC(C)C)C(=O)NCc1n[nH]c(=O)[nH]1. The van der Waals surface area contributed by atoms with E-state index in [-0.39, 0.29) is 24.3 Å². The number of rotatable bonds is 6. The van der Waals surface area contributed by atoms with E-state index in [0.29, 0.717) is 12.2 Å². The van der Waals surface area contributed by atoms with Gasteiger partial charge in [0.2, 0.25) is 11.8 Å². The van der Waals surface area contributed by atoms with Gasteiger partial charge in [0.15, 0.2) is 0 Å². The van der Waals surface area contributed by atoms with Crippen molar-refractivity contribution in [1.29, 1.82) is 0 Å². The molecule has 4 N–H and O–H groups in total. The van der Waals surface area contributed by atoms with Gasteiger partial charge in [-0.25, -0.2) is 9.89 Å². The van der Waals surface area contributed by atoms with E-state index >= 15 is 0 Å². The second-order valence-corrected chi connectivity index (χ2v) is 4.72. The summed E-state index contributed by atoms with van der Waals surface area (Å²) in [4.78, 5) is 36.2. The molecule has 8 heteroatoms. The highest BCUT2D eigenvalue weighted by molar-refractivity contribution is 5.86. The molecule has 0 aromatic carbocycles. The number of carbonyl (C=O) groups is 2. The molecule has 0 spiro atoms. The fraction of sp³-hybridized carbons (Fsp3) is 0.636. The molecule has 0 unspecified atom stereocenters. The number of amides is 2. The van der Waals surface area contributed by atoms with Crippen molar-refractivity contribution in [2.45, 2.75) is 39.8 Å². The van der Waals surface area contributed by atoms with E-state index < -0.39 is 11.7 Å². The molecule has 1 aromatic heterocycles. The minimum atomic E-state index is -0.580. The Morgan fingerprint density at radius 2 is 2.05 bits per heavy atom. The highest BCUT2D eigenvalue weighted by Crippen LogP contribution is 2.05. The van der Waals surface area contributed by atoms with Crippen LogP contribution in [0.25, 0.3) is 0 Å². The quantitative estimate of drug-likeness (QED) is 0.544. The van der Waals surface area contributed by atoms with Crippen LogP contribution < -0.4 is 16.3 Å². The number of nitrogens with one attached hydrogen (secondary N) is 4. The highest BCUT2D eigenvalue weighted by Gasteiger charge is 2.20. The van der Waals surface area contributed by atoms with Crippen LogP contribution in [0.3, 0.4) is 0 Å². The first-order valence-electron chi connectivity index (χ1n) is 6.07. The van der Waals surface area contributed by atoms with Crippen LogP contribution in [-0.2, 0) is 16.1 Å². The van der Waals surface area contributed by atoms with Crippen LogP contribution in [0.15, 0.2) is 4.79 Å². The summed E-state index contributed by atoms with van der Waals surface area (Å²) in [6.45, 7) is 5.40. The van der Waals surface area contributed by atoms with Gasteiger partial charge in [-0.3, -0.25) is 14.6 Å². The average molecular weight is 269 g/mol. The number of nitrogens with zero attached hydrogens (tertiary/aromatic N) is 1. The molecule has 8 nitrogen and oxygen atoms in total. The van der Waals surface area contributed by atoms with Crippen molar-refractivity contribution in [2.75, 3.05) is 0 Å². The molecule has 0 saturated carbocycles. The highest BCUT2D eigenvalue weighted by atomic mass is 16.2. The first-order chi connectivity index (χ1) is 8.88. The Balaban J connectivity index is 2.55. The van der Waals surface area contributed by atoms with E-state index in [4.69, 9.17) is 0 Å². The van der Waals surface area contributed by atoms with Gasteiger partial charge in [0.05, 0.1) is 6.54 Å². The van der Waals surface area contributed by atoms with E-state index in [0.717, 1.165) is 0 Å². The zero-order chi connectivity index (χ0) is 14.4. The largest absolute Gasteiger partial charge is 0.347 e. The number of aromatic nitrogens is 3. The third-order valence-electron chi connectivity index (χ3n) is 2.38. The summed E-state index contributed by atoms with van der Waals surface area (Å²) in [5.41, 5.74) is -0.426. The maximum Gasteiger partial charge on any atom is 0.340 e. The van der Waals surface area contributed by atoms with Gasteiger partial charge in [-0.2, -0.15) is 5.10 Å². The summed E-state index contributed by atoms with van der Waals surface area (Å²) in [5, 5.41) is 11.1. The summed E-state index contributed by atoms with van der Waals surface area (Å²) in [6.07, 6.45) is 0.544. The summed E-state index contributed by atoms with van der Waals surface area (Å²) in [5.74, 6) is 0.0546. The maximum atomic E-state index is 11.9. The number of hydrogen-bond donors (Lipinski definition) is 4. The molecule has 0 saturated heterocycles. The van der Waals surface area contributed by atoms with Gasteiger partial charge in [-0.1, -0.05) is 13.8 Å². The first-order valence-corrected chi connectivity index (χ1v) is 6.07. The topological polar surface area (TPSA) is 120 Å². The summed E-state index contributed by atoms with van der Waals surface area (Å²) >= 11 is 0. The second-order valence-electron chi connectivity index (χ2n) is 4.72. The van der Waals surface area contributed by atoms with Crippen molar-refractivity contribution < 1.29 is 9.59 Å². The molecule has 0 radical (unpaired) electrons. The smallest absolute Gasteiger partial charge is 0.340 e. The Morgan fingerprint density at radius 1 is 1.37 bits per heavy atom. The van der Waals surface area contributed by atoms with Crippen molar-refractivity contribution in [3.63, 3.8) is 0 Å². The predicted octanol–water partition coefficient (Wildman–Crippen LogP) is -0.735. The van der Waals surface area contributed by atoms with Gasteiger partial charge in [-0.15, -0.1) is 0 Å². The molecule has 1 rings (SSSR count). The van der Waals surface area contributed by atoms with E-state index in [1.807, 2.05) is 13.8 Å². The molecule has 0 aliphatic carbocycles. The fourth-order valence-corrected chi connectivity index (χ4v) is 1.63. The van der Waals surface area contributed by atoms with Crippen molar-refractivity contribution >= 4 is 11.8 Å². The van der Waals surface area contributed by atoms with Crippen LogP contribution in [0, 0.1) is 5.92 Å². The second kappa shape index (κ2) is 6.72. The van der Waals surface area contributed by atoms with Gasteiger partial charge in [-0.05, 0) is 12.3 Å². The molecule has 0 aliphatic heterocycles. The molecule has 1 heterocycles. The van der Waals surface area contributed by atoms with Gasteiger partial charge < -0.3 is 10.6 Å². The normalized spacial score (nSPS) is 12.2. The Morgan fingerprint density at radius 3 is 2.53 bits per heavy atom. The first kappa shape index (κ1) is 14.9. The van der Waals surface area contributed by atoms with Crippen molar-refractivity contribution in [3.8, 4) is 0 Å². The van der Waals surface area contributed by atoms with E-state index in [1.165, 1.54) is 6.92 Å². The van der Waals surface area contributed by atoms with Gasteiger partial charge in [0, 0.05) is 6.92 Å². The van der Waals surface area contributed by atoms with Crippen LogP contribution in [0.5, 0.6) is 0 Å². The molecule has 0 fully saturated rings. The summed E-state index contributed by atoms with van der Waals surface area (Å²) < 4.78 is 0. The van der Waals surface area contributed by atoms with Crippen LogP contribution in [0.4, 0.5) is 0 Å². The van der Waals surface area contributed by atoms with Crippen molar-refractivity contribution in [2.24, 2.45) is 5.92 Å².